The zero-order valence-corrected chi connectivity index (χ0v) is 19.1. The van der Waals surface area contributed by atoms with Crippen molar-refractivity contribution in [3.8, 4) is 0 Å². The van der Waals surface area contributed by atoms with Gasteiger partial charge < -0.3 is 14.4 Å². The van der Waals surface area contributed by atoms with Gasteiger partial charge in [0.05, 0.1) is 13.2 Å². The number of hydrogen-bond acceptors (Lipinski definition) is 5. The third-order valence-corrected chi connectivity index (χ3v) is 7.21. The van der Waals surface area contributed by atoms with Crippen molar-refractivity contribution in [2.45, 2.75) is 44.4 Å². The number of ether oxygens (including phenoxy) is 2. The van der Waals surface area contributed by atoms with Crippen molar-refractivity contribution < 1.29 is 23.5 Å². The Morgan fingerprint density at radius 1 is 1.12 bits per heavy atom. The van der Waals surface area contributed by atoms with E-state index in [4.69, 9.17) is 9.47 Å². The molecule has 3 aliphatic rings. The molecule has 4 rings (SSSR count). The SMILES string of the molecule is COCCN1CCN(C(=O)C2COC3(CCC(C)CC3)N2C(=O)c2ccc(F)cc2)CC1. The van der Waals surface area contributed by atoms with Crippen molar-refractivity contribution in [3.63, 3.8) is 0 Å². The van der Waals surface area contributed by atoms with E-state index in [2.05, 4.69) is 11.8 Å². The van der Waals surface area contributed by atoms with Crippen LogP contribution in [-0.2, 0) is 14.3 Å². The Hall–Kier alpha value is -2.03. The first kappa shape index (κ1) is 23.1. The minimum atomic E-state index is -0.751. The lowest BCUT2D eigenvalue weighted by Crippen LogP contribution is -2.59. The largest absolute Gasteiger partial charge is 0.383 e. The highest BCUT2D eigenvalue weighted by atomic mass is 19.1. The standard InChI is InChI=1S/C24H34FN3O4/c1-18-7-9-24(10-8-18)28(22(29)19-3-5-20(25)6-4-19)21(17-32-24)23(30)27-13-11-26(12-14-27)15-16-31-2/h3-6,18,21H,7-17H2,1-2H3. The quantitative estimate of drug-likeness (QED) is 0.694. The summed E-state index contributed by atoms with van der Waals surface area (Å²) in [5, 5.41) is 0. The summed E-state index contributed by atoms with van der Waals surface area (Å²) in [5.74, 6) is -0.127. The fraction of sp³-hybridized carbons (Fsp3) is 0.667. The molecule has 1 aliphatic carbocycles. The smallest absolute Gasteiger partial charge is 0.256 e. The van der Waals surface area contributed by atoms with Gasteiger partial charge in [0.2, 0.25) is 5.91 Å². The molecule has 3 fully saturated rings. The molecule has 2 amide bonds. The summed E-state index contributed by atoms with van der Waals surface area (Å²) in [5.41, 5.74) is -0.365. The maximum absolute atomic E-state index is 13.6. The van der Waals surface area contributed by atoms with Crippen molar-refractivity contribution in [2.75, 3.05) is 53.0 Å². The van der Waals surface area contributed by atoms with Gasteiger partial charge >= 0.3 is 0 Å². The number of piperazine rings is 1. The Morgan fingerprint density at radius 2 is 1.78 bits per heavy atom. The highest BCUT2D eigenvalue weighted by molar-refractivity contribution is 5.98. The van der Waals surface area contributed by atoms with E-state index in [0.29, 0.717) is 31.2 Å². The maximum atomic E-state index is 13.6. The first-order valence-electron chi connectivity index (χ1n) is 11.7. The number of nitrogens with zero attached hydrogens (tertiary/aromatic N) is 3. The van der Waals surface area contributed by atoms with Gasteiger partial charge in [0.1, 0.15) is 17.6 Å². The molecule has 1 saturated carbocycles. The van der Waals surface area contributed by atoms with Crippen molar-refractivity contribution in [2.24, 2.45) is 5.92 Å². The highest BCUT2D eigenvalue weighted by Gasteiger charge is 2.54. The molecule has 2 heterocycles. The van der Waals surface area contributed by atoms with Crippen molar-refractivity contribution in [1.29, 1.82) is 0 Å². The number of halogens is 1. The zero-order chi connectivity index (χ0) is 22.7. The van der Waals surface area contributed by atoms with Crippen LogP contribution in [-0.4, -0.2) is 91.3 Å². The normalized spacial score (nSPS) is 29.0. The number of hydrogen-bond donors (Lipinski definition) is 0. The first-order valence-corrected chi connectivity index (χ1v) is 11.7. The van der Waals surface area contributed by atoms with Gasteiger partial charge in [-0.2, -0.15) is 0 Å². The number of methoxy groups -OCH3 is 1. The number of amides is 2. The van der Waals surface area contributed by atoms with Crippen molar-refractivity contribution in [3.05, 3.63) is 35.6 Å². The molecular weight excluding hydrogens is 413 g/mol. The molecule has 1 aromatic carbocycles. The fourth-order valence-corrected chi connectivity index (χ4v) is 5.12. The van der Waals surface area contributed by atoms with Gasteiger partial charge in [-0.05, 0) is 55.9 Å². The minimum Gasteiger partial charge on any atom is -0.383 e. The minimum absolute atomic E-state index is 0.0534. The second-order valence-corrected chi connectivity index (χ2v) is 9.30. The second kappa shape index (κ2) is 9.85. The molecule has 1 spiro atoms. The van der Waals surface area contributed by atoms with Crippen LogP contribution in [0.2, 0.25) is 0 Å². The van der Waals surface area contributed by atoms with Gasteiger partial charge in [0.25, 0.3) is 5.91 Å². The van der Waals surface area contributed by atoms with E-state index >= 15 is 0 Å². The van der Waals surface area contributed by atoms with E-state index in [1.807, 2.05) is 4.90 Å². The van der Waals surface area contributed by atoms with Crippen LogP contribution >= 0.6 is 0 Å². The van der Waals surface area contributed by atoms with Crippen molar-refractivity contribution in [1.82, 2.24) is 14.7 Å². The molecule has 1 aromatic rings. The van der Waals surface area contributed by atoms with Crippen LogP contribution < -0.4 is 0 Å². The Bertz CT molecular complexity index is 802. The summed E-state index contributed by atoms with van der Waals surface area (Å²) in [6, 6.07) is 4.91. The summed E-state index contributed by atoms with van der Waals surface area (Å²) in [6.45, 7) is 6.77. The summed E-state index contributed by atoms with van der Waals surface area (Å²) in [6.07, 6.45) is 3.34. The second-order valence-electron chi connectivity index (χ2n) is 9.30. The summed E-state index contributed by atoms with van der Waals surface area (Å²) < 4.78 is 24.9. The molecule has 2 aliphatic heterocycles. The van der Waals surface area contributed by atoms with Gasteiger partial charge in [-0.15, -0.1) is 0 Å². The van der Waals surface area contributed by atoms with Crippen LogP contribution in [0.4, 0.5) is 4.39 Å². The van der Waals surface area contributed by atoms with E-state index in [-0.39, 0.29) is 24.2 Å². The third-order valence-electron chi connectivity index (χ3n) is 7.21. The van der Waals surface area contributed by atoms with Crippen LogP contribution in [0.5, 0.6) is 0 Å². The van der Waals surface area contributed by atoms with E-state index in [1.54, 1.807) is 12.0 Å². The van der Waals surface area contributed by atoms with Gasteiger partial charge in [-0.1, -0.05) is 6.92 Å². The van der Waals surface area contributed by atoms with E-state index in [1.165, 1.54) is 24.3 Å². The zero-order valence-electron chi connectivity index (χ0n) is 19.1. The average molecular weight is 448 g/mol. The molecule has 176 valence electrons. The van der Waals surface area contributed by atoms with Crippen LogP contribution in [0.25, 0.3) is 0 Å². The van der Waals surface area contributed by atoms with Gasteiger partial charge in [0.15, 0.2) is 0 Å². The number of carbonyl (C=O) groups is 2. The lowest BCUT2D eigenvalue weighted by atomic mass is 9.83. The molecule has 1 atom stereocenters. The van der Waals surface area contributed by atoms with Gasteiger partial charge in [0, 0.05) is 45.4 Å². The van der Waals surface area contributed by atoms with Crippen molar-refractivity contribution >= 4 is 11.8 Å². The van der Waals surface area contributed by atoms with Crippen LogP contribution in [0.3, 0.4) is 0 Å². The molecule has 0 aromatic heterocycles. The Balaban J connectivity index is 1.53. The number of rotatable bonds is 5. The number of benzene rings is 1. The van der Waals surface area contributed by atoms with Crippen LogP contribution in [0, 0.1) is 11.7 Å². The Morgan fingerprint density at radius 3 is 2.41 bits per heavy atom. The van der Waals surface area contributed by atoms with Gasteiger partial charge in [-0.25, -0.2) is 4.39 Å². The highest BCUT2D eigenvalue weighted by Crippen LogP contribution is 2.43. The predicted octanol–water partition coefficient (Wildman–Crippen LogP) is 2.36. The molecule has 7 nitrogen and oxygen atoms in total. The lowest BCUT2D eigenvalue weighted by molar-refractivity contribution is -0.139. The molecule has 1 unspecified atom stereocenters. The molecule has 32 heavy (non-hydrogen) atoms. The topological polar surface area (TPSA) is 62.3 Å². The maximum Gasteiger partial charge on any atom is 0.256 e. The Kier molecular flexibility index (Phi) is 7.12. The summed E-state index contributed by atoms with van der Waals surface area (Å²) in [4.78, 5) is 33.0. The number of carbonyl (C=O) groups excluding carboxylic acids is 2. The molecule has 0 radical (unpaired) electrons. The fourth-order valence-electron chi connectivity index (χ4n) is 5.12. The monoisotopic (exact) mass is 447 g/mol. The molecule has 8 heteroatoms. The van der Waals surface area contributed by atoms with E-state index < -0.39 is 11.8 Å². The van der Waals surface area contributed by atoms with Crippen LogP contribution in [0.15, 0.2) is 24.3 Å². The molecular formula is C24H34FN3O4. The van der Waals surface area contributed by atoms with E-state index in [9.17, 15) is 14.0 Å². The van der Waals surface area contributed by atoms with Gasteiger partial charge in [-0.3, -0.25) is 19.4 Å². The lowest BCUT2D eigenvalue weighted by Gasteiger charge is -2.44. The summed E-state index contributed by atoms with van der Waals surface area (Å²) >= 11 is 0. The molecule has 2 saturated heterocycles. The average Bonchev–Trinajstić information content (AvgIpc) is 3.18. The molecule has 0 N–H and O–H groups in total. The first-order chi connectivity index (χ1) is 15.4. The predicted molar refractivity (Wildman–Crippen MR) is 118 cm³/mol. The van der Waals surface area contributed by atoms with E-state index in [0.717, 1.165) is 45.3 Å². The Labute approximate surface area is 189 Å². The summed E-state index contributed by atoms with van der Waals surface area (Å²) in [7, 11) is 1.69. The molecule has 0 bridgehead atoms. The van der Waals surface area contributed by atoms with Crippen LogP contribution in [0.1, 0.15) is 43.0 Å². The third kappa shape index (κ3) is 4.67.